The molecule has 0 fully saturated rings. The normalized spacial score (nSPS) is 12.0. The summed E-state index contributed by atoms with van der Waals surface area (Å²) in [5.41, 5.74) is 4.24. The van der Waals surface area contributed by atoms with Crippen molar-refractivity contribution in [1.29, 1.82) is 0 Å². The molecule has 0 unspecified atom stereocenters. The molecule has 11 heteroatoms. The number of anilines is 1. The number of amides is 1. The summed E-state index contributed by atoms with van der Waals surface area (Å²) < 4.78 is 0. The Hall–Kier alpha value is -4.29. The van der Waals surface area contributed by atoms with E-state index >= 15 is 0 Å². The number of rotatable bonds is 19. The molecule has 0 spiro atoms. The maximum atomic E-state index is 13.3. The zero-order valence-corrected chi connectivity index (χ0v) is 27.3. The lowest BCUT2D eigenvalue weighted by Gasteiger charge is -2.27. The van der Waals surface area contributed by atoms with Crippen molar-refractivity contribution in [3.05, 3.63) is 120 Å². The van der Waals surface area contributed by atoms with Crippen LogP contribution in [0.3, 0.4) is 0 Å². The van der Waals surface area contributed by atoms with Gasteiger partial charge in [-0.2, -0.15) is 0 Å². The van der Waals surface area contributed by atoms with Gasteiger partial charge in [0.2, 0.25) is 5.91 Å². The molecule has 3 aromatic heterocycles. The largest absolute Gasteiger partial charge is 0.455 e. The van der Waals surface area contributed by atoms with Crippen molar-refractivity contribution in [2.75, 3.05) is 25.0 Å². The van der Waals surface area contributed by atoms with Crippen LogP contribution in [0.25, 0.3) is 0 Å². The highest BCUT2D eigenvalue weighted by atomic mass is 16.4. The van der Waals surface area contributed by atoms with Crippen LogP contribution in [0.15, 0.2) is 97.5 Å². The molecule has 0 aliphatic rings. The third-order valence-electron chi connectivity index (χ3n) is 7.76. The number of hydrogen-bond acceptors (Lipinski definition) is 9. The zero-order valence-electron chi connectivity index (χ0n) is 27.3. The summed E-state index contributed by atoms with van der Waals surface area (Å²) in [6.45, 7) is 7.25. The minimum absolute atomic E-state index is 0.0502. The first-order valence-electron chi connectivity index (χ1n) is 16.1. The molecule has 246 valence electrons. The number of pyridine rings is 3. The number of Topliss-reactive ketones (excluding diaryl/α,β-unsaturated/α-hetero) is 1. The van der Waals surface area contributed by atoms with Crippen molar-refractivity contribution in [3.8, 4) is 0 Å². The Balaban J connectivity index is 1.37. The molecule has 0 saturated heterocycles. The average molecular weight is 637 g/mol. The number of carbonyl (C=O) groups excluding carboxylic acids is 2. The van der Waals surface area contributed by atoms with E-state index in [2.05, 4.69) is 30.1 Å². The van der Waals surface area contributed by atoms with Crippen LogP contribution < -0.4 is 5.32 Å². The molecule has 0 bridgehead atoms. The molecule has 1 aromatic carbocycles. The van der Waals surface area contributed by atoms with Crippen LogP contribution in [-0.2, 0) is 35.6 Å². The molecule has 4 rings (SSSR count). The van der Waals surface area contributed by atoms with E-state index in [9.17, 15) is 19.6 Å². The van der Waals surface area contributed by atoms with Gasteiger partial charge in [-0.25, -0.2) is 0 Å². The Morgan fingerprint density at radius 3 is 1.72 bits per heavy atom. The third-order valence-corrected chi connectivity index (χ3v) is 7.76. The second kappa shape index (κ2) is 18.8. The number of nitrogens with zero attached hydrogens (tertiary/aromatic N) is 5. The topological polar surface area (TPSA) is 132 Å². The van der Waals surface area contributed by atoms with E-state index in [1.807, 2.05) is 80.6 Å². The lowest BCUT2D eigenvalue weighted by Crippen LogP contribution is -2.39. The molecule has 47 heavy (non-hydrogen) atoms. The van der Waals surface area contributed by atoms with Crippen LogP contribution in [0.2, 0.25) is 5.82 Å². The van der Waals surface area contributed by atoms with E-state index in [0.29, 0.717) is 44.8 Å². The summed E-state index contributed by atoms with van der Waals surface area (Å²) in [5, 5.41) is 22.3. The first-order chi connectivity index (χ1) is 22.7. The summed E-state index contributed by atoms with van der Waals surface area (Å²) in [4.78, 5) is 43.8. The molecule has 1 atom stereocenters. The maximum Gasteiger partial charge on any atom is 0.455 e. The molecule has 0 radical (unpaired) electrons. The second-order valence-corrected chi connectivity index (χ2v) is 12.4. The standard InChI is InChI=1S/C36H45BN6O4/c1-28(2)21-30(37(46)47)23-35(44)22-29-12-14-31(15-13-29)41-36(45)27-43(26-34-11-5-8-18-40-34)20-19-42(24-32-9-3-6-16-38-32)25-33-10-4-7-17-39-33/h3-18,28,30,46-47H,19-27H2,1-2H3,(H,41,45)/t30-/m0/s1. The Morgan fingerprint density at radius 1 is 0.745 bits per heavy atom. The van der Waals surface area contributed by atoms with Crippen LogP contribution in [0.4, 0.5) is 5.69 Å². The molecule has 3 heterocycles. The highest BCUT2D eigenvalue weighted by Gasteiger charge is 2.26. The summed E-state index contributed by atoms with van der Waals surface area (Å²) in [6.07, 6.45) is 6.22. The quantitative estimate of drug-likeness (QED) is 0.128. The number of benzene rings is 1. The van der Waals surface area contributed by atoms with Gasteiger partial charge in [0.1, 0.15) is 5.78 Å². The van der Waals surface area contributed by atoms with Crippen LogP contribution in [0.5, 0.6) is 0 Å². The fraction of sp³-hybridized carbons (Fsp3) is 0.361. The van der Waals surface area contributed by atoms with Gasteiger partial charge >= 0.3 is 7.12 Å². The number of aromatic nitrogens is 3. The fourth-order valence-electron chi connectivity index (χ4n) is 5.49. The van der Waals surface area contributed by atoms with E-state index in [1.165, 1.54) is 0 Å². The van der Waals surface area contributed by atoms with E-state index < -0.39 is 12.9 Å². The average Bonchev–Trinajstić information content (AvgIpc) is 3.05. The molecule has 0 aliphatic carbocycles. The number of ketones is 1. The Labute approximate surface area is 278 Å². The first-order valence-corrected chi connectivity index (χ1v) is 16.1. The predicted molar refractivity (Wildman–Crippen MR) is 184 cm³/mol. The van der Waals surface area contributed by atoms with E-state index in [4.69, 9.17) is 0 Å². The van der Waals surface area contributed by atoms with Gasteiger partial charge in [0.15, 0.2) is 0 Å². The number of carbonyl (C=O) groups is 2. The van der Waals surface area contributed by atoms with Crippen LogP contribution >= 0.6 is 0 Å². The minimum atomic E-state index is -1.51. The van der Waals surface area contributed by atoms with Gasteiger partial charge in [0.25, 0.3) is 0 Å². The smallest absolute Gasteiger partial charge is 0.427 e. The van der Waals surface area contributed by atoms with Crippen molar-refractivity contribution in [1.82, 2.24) is 24.8 Å². The minimum Gasteiger partial charge on any atom is -0.427 e. The zero-order chi connectivity index (χ0) is 33.4. The number of nitrogens with one attached hydrogen (secondary N) is 1. The van der Waals surface area contributed by atoms with E-state index in [-0.39, 0.29) is 37.0 Å². The molecule has 10 nitrogen and oxygen atoms in total. The lowest BCUT2D eigenvalue weighted by atomic mass is 9.66. The van der Waals surface area contributed by atoms with Gasteiger partial charge in [0, 0.05) is 75.7 Å². The van der Waals surface area contributed by atoms with Crippen molar-refractivity contribution in [2.24, 2.45) is 5.92 Å². The molecule has 0 aliphatic heterocycles. The second-order valence-electron chi connectivity index (χ2n) is 12.4. The lowest BCUT2D eigenvalue weighted by molar-refractivity contribution is -0.119. The highest BCUT2D eigenvalue weighted by Crippen LogP contribution is 2.24. The van der Waals surface area contributed by atoms with Crippen LogP contribution in [-0.4, -0.2) is 73.2 Å². The van der Waals surface area contributed by atoms with Gasteiger partial charge in [0.05, 0.1) is 23.6 Å². The SMILES string of the molecule is CC(C)C[C@@H](CC(=O)Cc1ccc(NC(=O)CN(CCN(Cc2ccccn2)Cc2ccccn2)Cc2ccccn2)cc1)B(O)O. The predicted octanol–water partition coefficient (Wildman–Crippen LogP) is 4.41. The van der Waals surface area contributed by atoms with Gasteiger partial charge in [-0.15, -0.1) is 0 Å². The van der Waals surface area contributed by atoms with Crippen molar-refractivity contribution in [2.45, 2.75) is 58.6 Å². The first kappa shape index (κ1) is 35.6. The van der Waals surface area contributed by atoms with Crippen molar-refractivity contribution >= 4 is 24.5 Å². The van der Waals surface area contributed by atoms with Gasteiger partial charge < -0.3 is 15.4 Å². The third kappa shape index (κ3) is 13.2. The number of hydrogen-bond donors (Lipinski definition) is 3. The Morgan fingerprint density at radius 2 is 1.26 bits per heavy atom. The highest BCUT2D eigenvalue weighted by molar-refractivity contribution is 6.43. The molecule has 0 saturated carbocycles. The summed E-state index contributed by atoms with van der Waals surface area (Å²) in [5.74, 6) is -0.424. The molecule has 3 N–H and O–H groups in total. The van der Waals surface area contributed by atoms with Crippen LogP contribution in [0.1, 0.15) is 49.3 Å². The maximum absolute atomic E-state index is 13.3. The van der Waals surface area contributed by atoms with Crippen molar-refractivity contribution < 1.29 is 19.6 Å². The van der Waals surface area contributed by atoms with Crippen LogP contribution in [0, 0.1) is 5.92 Å². The van der Waals surface area contributed by atoms with Gasteiger partial charge in [-0.05, 0) is 66.4 Å². The summed E-state index contributed by atoms with van der Waals surface area (Å²) >= 11 is 0. The monoisotopic (exact) mass is 636 g/mol. The van der Waals surface area contributed by atoms with E-state index in [0.717, 1.165) is 22.6 Å². The molecule has 1 amide bonds. The molecular weight excluding hydrogens is 591 g/mol. The molecule has 4 aromatic rings. The van der Waals surface area contributed by atoms with Crippen molar-refractivity contribution in [3.63, 3.8) is 0 Å². The molecular formula is C36H45BN6O4. The van der Waals surface area contributed by atoms with Gasteiger partial charge in [-0.1, -0.05) is 44.2 Å². The Kier molecular flexibility index (Phi) is 14.2. The summed E-state index contributed by atoms with van der Waals surface area (Å²) in [6, 6.07) is 24.8. The Bertz CT molecular complexity index is 1450. The van der Waals surface area contributed by atoms with E-state index in [1.54, 1.807) is 30.7 Å². The summed E-state index contributed by atoms with van der Waals surface area (Å²) in [7, 11) is -1.51. The van der Waals surface area contributed by atoms with Gasteiger partial charge in [-0.3, -0.25) is 34.3 Å². The fourth-order valence-corrected chi connectivity index (χ4v) is 5.49.